The van der Waals surface area contributed by atoms with Gasteiger partial charge in [0.2, 0.25) is 10.4 Å². The molecule has 0 fully saturated rings. The molecule has 1 N–H and O–H groups in total. The molecule has 0 heterocycles. The van der Waals surface area contributed by atoms with Crippen LogP contribution in [0.4, 0.5) is 0 Å². The summed E-state index contributed by atoms with van der Waals surface area (Å²) in [4.78, 5) is 11.0. The van der Waals surface area contributed by atoms with E-state index in [2.05, 4.69) is 10.8 Å². The Morgan fingerprint density at radius 1 is 1.40 bits per heavy atom. The summed E-state index contributed by atoms with van der Waals surface area (Å²) >= 11 is 0. The van der Waals surface area contributed by atoms with Gasteiger partial charge in [-0.25, -0.2) is 13.2 Å². The molecule has 0 aliphatic heterocycles. The molecule has 0 aromatic rings. The third-order valence-electron chi connectivity index (χ3n) is 2.08. The van der Waals surface area contributed by atoms with Gasteiger partial charge in [-0.15, -0.1) is 0 Å². The number of ether oxygens (including phenoxy) is 1. The van der Waals surface area contributed by atoms with E-state index in [0.29, 0.717) is 16.7 Å². The lowest BCUT2D eigenvalue weighted by molar-refractivity contribution is -0.909. The topological polar surface area (TPSA) is 113 Å². The zero-order chi connectivity index (χ0) is 16.4. The molecule has 0 rings (SSSR count). The Kier molecular flexibility index (Phi) is 10.5. The lowest BCUT2D eigenvalue weighted by atomic mass is 10.3. The molecule has 0 spiro atoms. The minimum absolute atomic E-state index is 0.0917. The molecule has 0 atom stereocenters. The monoisotopic (exact) mass is 313 g/mol. The van der Waals surface area contributed by atoms with E-state index in [1.54, 1.807) is 6.92 Å². The van der Waals surface area contributed by atoms with Gasteiger partial charge in [-0.05, 0) is 6.92 Å². The maximum Gasteiger partial charge on any atom is 0.333 e. The normalized spacial score (nSPS) is 11.3. The first kappa shape index (κ1) is 21.3. The number of nitrogens with zero attached hydrogens (tertiary/aromatic N) is 1. The van der Waals surface area contributed by atoms with Gasteiger partial charge in [-0.1, -0.05) is 6.58 Å². The third-order valence-corrected chi connectivity index (χ3v) is 2.48. The first-order valence-electron chi connectivity index (χ1n) is 5.72. The predicted molar refractivity (Wildman–Crippen MR) is 71.2 cm³/mol. The van der Waals surface area contributed by atoms with Crippen molar-refractivity contribution < 1.29 is 36.3 Å². The van der Waals surface area contributed by atoms with Crippen molar-refractivity contribution in [2.45, 2.75) is 13.3 Å². The van der Waals surface area contributed by atoms with E-state index in [-0.39, 0.29) is 12.7 Å². The largest absolute Gasteiger partial charge is 0.726 e. The zero-order valence-electron chi connectivity index (χ0n) is 12.3. The van der Waals surface area contributed by atoms with Gasteiger partial charge in [0.1, 0.15) is 0 Å². The van der Waals surface area contributed by atoms with Gasteiger partial charge in [0.15, 0.2) is 6.73 Å². The van der Waals surface area contributed by atoms with Crippen molar-refractivity contribution in [2.75, 3.05) is 41.1 Å². The standard InChI is InChI=1S/C10H20NO3.CH4O4S/c1-9(2)10(13)14-7-5-6-11(3,4)8-12;1-5-6(2,3)4/h12H,1,5-8H2,2-4H3;1H3,(H,2,3,4)/q+1;/p-1. The molecule has 9 heteroatoms. The molecule has 20 heavy (non-hydrogen) atoms. The van der Waals surface area contributed by atoms with Crippen LogP contribution in [0.2, 0.25) is 0 Å². The van der Waals surface area contributed by atoms with Crippen LogP contribution in [0.25, 0.3) is 0 Å². The van der Waals surface area contributed by atoms with E-state index >= 15 is 0 Å². The number of hydrogen-bond donors (Lipinski definition) is 1. The molecular formula is C11H23NO7S. The number of aliphatic hydroxyl groups is 1. The molecule has 8 nitrogen and oxygen atoms in total. The molecule has 120 valence electrons. The number of carbonyl (C=O) groups excluding carboxylic acids is 1. The highest BCUT2D eigenvalue weighted by atomic mass is 32.3. The van der Waals surface area contributed by atoms with Gasteiger partial charge in [0, 0.05) is 12.0 Å². The highest BCUT2D eigenvalue weighted by molar-refractivity contribution is 7.80. The number of carbonyl (C=O) groups is 1. The van der Waals surface area contributed by atoms with Crippen molar-refractivity contribution in [3.8, 4) is 0 Å². The summed E-state index contributed by atoms with van der Waals surface area (Å²) < 4.78 is 36.5. The summed E-state index contributed by atoms with van der Waals surface area (Å²) in [6.45, 7) is 6.35. The van der Waals surface area contributed by atoms with Crippen LogP contribution in [0.15, 0.2) is 12.2 Å². The van der Waals surface area contributed by atoms with Crippen molar-refractivity contribution in [1.29, 1.82) is 0 Å². The molecule has 0 bridgehead atoms. The molecule has 0 amide bonds. The average Bonchev–Trinajstić information content (AvgIpc) is 2.34. The quantitative estimate of drug-likeness (QED) is 0.130. The summed E-state index contributed by atoms with van der Waals surface area (Å²) in [5, 5.41) is 8.94. The molecule has 0 aromatic carbocycles. The first-order chi connectivity index (χ1) is 8.95. The summed E-state index contributed by atoms with van der Waals surface area (Å²) in [7, 11) is 0.230. The van der Waals surface area contributed by atoms with E-state index in [1.807, 2.05) is 14.1 Å². The SMILES string of the molecule is C=C(C)C(=O)OCCC[N+](C)(C)CO.COS(=O)(=O)[O-]. The van der Waals surface area contributed by atoms with Crippen LogP contribution in [-0.4, -0.2) is 69.6 Å². The van der Waals surface area contributed by atoms with Gasteiger partial charge in [-0.3, -0.25) is 4.18 Å². The maximum absolute atomic E-state index is 11.0. The molecule has 0 aliphatic rings. The van der Waals surface area contributed by atoms with Crippen LogP contribution >= 0.6 is 0 Å². The summed E-state index contributed by atoms with van der Waals surface area (Å²) in [6.07, 6.45) is 0.743. The van der Waals surface area contributed by atoms with Crippen molar-refractivity contribution in [3.63, 3.8) is 0 Å². The highest BCUT2D eigenvalue weighted by Crippen LogP contribution is 1.99. The van der Waals surface area contributed by atoms with Crippen LogP contribution in [-0.2, 0) is 24.1 Å². The summed E-state index contributed by atoms with van der Waals surface area (Å²) in [5.74, 6) is -0.348. The van der Waals surface area contributed by atoms with Crippen LogP contribution < -0.4 is 0 Å². The summed E-state index contributed by atoms with van der Waals surface area (Å²) in [6, 6.07) is 0. The number of quaternary nitrogens is 1. The molecule has 0 radical (unpaired) electrons. The van der Waals surface area contributed by atoms with Crippen LogP contribution in [0, 0.1) is 0 Å². The van der Waals surface area contributed by atoms with E-state index < -0.39 is 10.4 Å². The molecule has 0 aromatic heterocycles. The van der Waals surface area contributed by atoms with E-state index in [4.69, 9.17) is 9.84 Å². The number of hydrogen-bond acceptors (Lipinski definition) is 7. The number of rotatable bonds is 7. The Balaban J connectivity index is 0. The lowest BCUT2D eigenvalue weighted by Crippen LogP contribution is -2.41. The van der Waals surface area contributed by atoms with Crippen LogP contribution in [0.3, 0.4) is 0 Å². The molecule has 0 aliphatic carbocycles. The van der Waals surface area contributed by atoms with E-state index in [9.17, 15) is 17.8 Å². The molecule has 0 saturated heterocycles. The third kappa shape index (κ3) is 15.1. The number of esters is 1. The molecule has 0 saturated carbocycles. The highest BCUT2D eigenvalue weighted by Gasteiger charge is 2.12. The Morgan fingerprint density at radius 3 is 2.15 bits per heavy atom. The van der Waals surface area contributed by atoms with E-state index in [1.165, 1.54) is 0 Å². The van der Waals surface area contributed by atoms with Crippen LogP contribution in [0.1, 0.15) is 13.3 Å². The van der Waals surface area contributed by atoms with Gasteiger partial charge in [0.05, 0.1) is 34.4 Å². The Morgan fingerprint density at radius 2 is 1.85 bits per heavy atom. The maximum atomic E-state index is 11.0. The second-order valence-corrected chi connectivity index (χ2v) is 5.80. The van der Waals surface area contributed by atoms with Crippen molar-refractivity contribution in [1.82, 2.24) is 0 Å². The smallest absolute Gasteiger partial charge is 0.333 e. The van der Waals surface area contributed by atoms with Crippen molar-refractivity contribution in [3.05, 3.63) is 12.2 Å². The summed E-state index contributed by atoms with van der Waals surface area (Å²) in [5.41, 5.74) is 0.418. The fraction of sp³-hybridized carbons (Fsp3) is 0.727. The minimum Gasteiger partial charge on any atom is -0.726 e. The van der Waals surface area contributed by atoms with Gasteiger partial charge in [-0.2, -0.15) is 0 Å². The van der Waals surface area contributed by atoms with E-state index in [0.717, 1.165) is 20.1 Å². The van der Waals surface area contributed by atoms with Crippen molar-refractivity contribution >= 4 is 16.4 Å². The predicted octanol–water partition coefficient (Wildman–Crippen LogP) is -0.385. The van der Waals surface area contributed by atoms with Gasteiger partial charge < -0.3 is 18.9 Å². The second-order valence-electron chi connectivity index (χ2n) is 4.65. The molecular weight excluding hydrogens is 290 g/mol. The average molecular weight is 313 g/mol. The second kappa shape index (κ2) is 9.83. The fourth-order valence-electron chi connectivity index (χ4n) is 0.851. The zero-order valence-corrected chi connectivity index (χ0v) is 13.1. The minimum atomic E-state index is -4.41. The van der Waals surface area contributed by atoms with Crippen LogP contribution in [0.5, 0.6) is 0 Å². The Labute approximate surface area is 120 Å². The first-order valence-corrected chi connectivity index (χ1v) is 7.05. The van der Waals surface area contributed by atoms with Gasteiger partial charge in [0.25, 0.3) is 0 Å². The number of aliphatic hydroxyl groups excluding tert-OH is 1. The molecule has 0 unspecified atom stereocenters. The van der Waals surface area contributed by atoms with Crippen molar-refractivity contribution in [2.24, 2.45) is 0 Å². The Hall–Kier alpha value is -1.00. The lowest BCUT2D eigenvalue weighted by Gasteiger charge is -2.26. The Bertz CT molecular complexity index is 403. The fourth-order valence-corrected chi connectivity index (χ4v) is 0.851. The van der Waals surface area contributed by atoms with Gasteiger partial charge >= 0.3 is 5.97 Å².